The van der Waals surface area contributed by atoms with Crippen LogP contribution in [0.15, 0.2) is 34.3 Å². The number of benzene rings is 1. The van der Waals surface area contributed by atoms with Crippen LogP contribution in [0.4, 0.5) is 0 Å². The van der Waals surface area contributed by atoms with E-state index in [1.54, 1.807) is 6.08 Å². The number of ether oxygens (including phenoxy) is 1. The van der Waals surface area contributed by atoms with E-state index in [1.165, 1.54) is 5.54 Å². The topological polar surface area (TPSA) is 35.2 Å². The third-order valence-corrected chi connectivity index (χ3v) is 2.56. The van der Waals surface area contributed by atoms with Crippen molar-refractivity contribution in [2.45, 2.75) is 13.0 Å². The minimum atomic E-state index is -0.0579. The molecule has 2 N–H and O–H groups in total. The molecule has 0 heterocycles. The molecule has 1 aromatic rings. The van der Waals surface area contributed by atoms with Gasteiger partial charge in [-0.25, -0.2) is 0 Å². The summed E-state index contributed by atoms with van der Waals surface area (Å²) in [5.74, 6) is 0.794. The second kappa shape index (κ2) is 6.16. The van der Waals surface area contributed by atoms with Gasteiger partial charge in [0, 0.05) is 21.6 Å². The van der Waals surface area contributed by atoms with E-state index in [0.717, 1.165) is 15.8 Å². The van der Waals surface area contributed by atoms with Crippen molar-refractivity contribution >= 4 is 27.5 Å². The predicted octanol–water partition coefficient (Wildman–Crippen LogP) is 3.60. The average molecular weight is 291 g/mol. The molecule has 0 saturated heterocycles. The van der Waals surface area contributed by atoms with Crippen LogP contribution in [0.1, 0.15) is 18.5 Å². The van der Waals surface area contributed by atoms with E-state index in [4.69, 9.17) is 22.1 Å². The molecular formula is C11H13BrClNO. The van der Waals surface area contributed by atoms with Gasteiger partial charge in [-0.2, -0.15) is 0 Å². The van der Waals surface area contributed by atoms with Crippen LogP contribution in [0.25, 0.3) is 0 Å². The van der Waals surface area contributed by atoms with Gasteiger partial charge in [0.25, 0.3) is 0 Å². The molecule has 0 unspecified atom stereocenters. The molecular weight excluding hydrogens is 277 g/mol. The zero-order valence-corrected chi connectivity index (χ0v) is 10.8. The maximum atomic E-state index is 5.84. The third kappa shape index (κ3) is 3.86. The molecule has 0 bridgehead atoms. The number of hydrogen-bond acceptors (Lipinski definition) is 2. The third-order valence-electron chi connectivity index (χ3n) is 1.89. The molecule has 0 aliphatic carbocycles. The van der Waals surface area contributed by atoms with E-state index in [1.807, 2.05) is 25.1 Å². The van der Waals surface area contributed by atoms with Crippen LogP contribution in [0.2, 0.25) is 0 Å². The highest BCUT2D eigenvalue weighted by atomic mass is 79.9. The van der Waals surface area contributed by atoms with Crippen molar-refractivity contribution in [3.8, 4) is 5.75 Å². The lowest BCUT2D eigenvalue weighted by Crippen LogP contribution is -2.08. The number of hydrogen-bond donors (Lipinski definition) is 1. The van der Waals surface area contributed by atoms with Crippen LogP contribution in [0, 0.1) is 0 Å². The average Bonchev–Trinajstić information content (AvgIpc) is 2.20. The van der Waals surface area contributed by atoms with E-state index < -0.39 is 0 Å². The number of nitrogens with two attached hydrogens (primary N) is 1. The predicted molar refractivity (Wildman–Crippen MR) is 67.2 cm³/mol. The Kier molecular flexibility index (Phi) is 5.15. The minimum Gasteiger partial charge on any atom is -0.489 e. The molecule has 15 heavy (non-hydrogen) atoms. The lowest BCUT2D eigenvalue weighted by molar-refractivity contribution is 0.357. The number of halogens is 2. The first-order valence-electron chi connectivity index (χ1n) is 4.58. The summed E-state index contributed by atoms with van der Waals surface area (Å²) in [4.78, 5) is 0. The van der Waals surface area contributed by atoms with Gasteiger partial charge in [-0.1, -0.05) is 27.5 Å². The SMILES string of the molecule is C[C@H](N)c1cc(Br)ccc1OCC=CCl. The molecule has 0 fully saturated rings. The first-order chi connectivity index (χ1) is 7.15. The lowest BCUT2D eigenvalue weighted by Gasteiger charge is -2.13. The summed E-state index contributed by atoms with van der Waals surface area (Å²) in [7, 11) is 0. The summed E-state index contributed by atoms with van der Waals surface area (Å²) in [5.41, 5.74) is 8.26. The smallest absolute Gasteiger partial charge is 0.124 e. The zero-order valence-electron chi connectivity index (χ0n) is 8.41. The molecule has 0 aliphatic heterocycles. The van der Waals surface area contributed by atoms with Gasteiger partial charge in [0.05, 0.1) is 0 Å². The quantitative estimate of drug-likeness (QED) is 0.919. The molecule has 0 amide bonds. The summed E-state index contributed by atoms with van der Waals surface area (Å²) in [5, 5.41) is 0. The first-order valence-corrected chi connectivity index (χ1v) is 5.81. The van der Waals surface area contributed by atoms with E-state index in [9.17, 15) is 0 Å². The van der Waals surface area contributed by atoms with Crippen molar-refractivity contribution in [1.82, 2.24) is 0 Å². The van der Waals surface area contributed by atoms with E-state index in [0.29, 0.717) is 6.61 Å². The Morgan fingerprint density at radius 1 is 1.60 bits per heavy atom. The van der Waals surface area contributed by atoms with Crippen LogP contribution >= 0.6 is 27.5 Å². The Morgan fingerprint density at radius 3 is 2.93 bits per heavy atom. The highest BCUT2D eigenvalue weighted by molar-refractivity contribution is 9.10. The van der Waals surface area contributed by atoms with Crippen molar-refractivity contribution in [3.63, 3.8) is 0 Å². The van der Waals surface area contributed by atoms with Crippen molar-refractivity contribution in [2.24, 2.45) is 5.73 Å². The van der Waals surface area contributed by atoms with Gasteiger partial charge in [-0.05, 0) is 31.2 Å². The second-order valence-corrected chi connectivity index (χ2v) is 4.31. The Hall–Kier alpha value is -0.510. The lowest BCUT2D eigenvalue weighted by atomic mass is 10.1. The Balaban J connectivity index is 2.85. The van der Waals surface area contributed by atoms with E-state index in [2.05, 4.69) is 15.9 Å². The van der Waals surface area contributed by atoms with Crippen molar-refractivity contribution in [2.75, 3.05) is 6.61 Å². The normalized spacial score (nSPS) is 13.1. The van der Waals surface area contributed by atoms with Gasteiger partial charge in [0.15, 0.2) is 0 Å². The summed E-state index contributed by atoms with van der Waals surface area (Å²) in [6, 6.07) is 5.72. The Labute approximate surface area is 103 Å². The fraction of sp³-hybridized carbons (Fsp3) is 0.273. The monoisotopic (exact) mass is 289 g/mol. The maximum absolute atomic E-state index is 5.84. The van der Waals surface area contributed by atoms with Crippen LogP contribution < -0.4 is 10.5 Å². The molecule has 1 atom stereocenters. The molecule has 0 spiro atoms. The molecule has 0 aromatic heterocycles. The van der Waals surface area contributed by atoms with Gasteiger partial charge in [0.1, 0.15) is 12.4 Å². The largest absolute Gasteiger partial charge is 0.489 e. The molecule has 0 radical (unpaired) electrons. The summed E-state index contributed by atoms with van der Waals surface area (Å²) >= 11 is 8.80. The van der Waals surface area contributed by atoms with Crippen molar-refractivity contribution in [3.05, 3.63) is 39.8 Å². The van der Waals surface area contributed by atoms with E-state index in [-0.39, 0.29) is 6.04 Å². The maximum Gasteiger partial charge on any atom is 0.124 e. The van der Waals surface area contributed by atoms with Crippen LogP contribution in [0.5, 0.6) is 5.75 Å². The molecule has 2 nitrogen and oxygen atoms in total. The second-order valence-electron chi connectivity index (χ2n) is 3.14. The summed E-state index contributed by atoms with van der Waals surface area (Å²) in [6.07, 6.45) is 1.73. The molecule has 1 rings (SSSR count). The van der Waals surface area contributed by atoms with Gasteiger partial charge >= 0.3 is 0 Å². The Morgan fingerprint density at radius 2 is 2.33 bits per heavy atom. The standard InChI is InChI=1S/C11H13BrClNO/c1-8(14)10-7-9(12)3-4-11(10)15-6-2-5-13/h2-5,7-8H,6,14H2,1H3/t8-/m0/s1. The highest BCUT2D eigenvalue weighted by Crippen LogP contribution is 2.27. The fourth-order valence-corrected chi connectivity index (χ4v) is 1.63. The van der Waals surface area contributed by atoms with E-state index >= 15 is 0 Å². The van der Waals surface area contributed by atoms with Crippen molar-refractivity contribution in [1.29, 1.82) is 0 Å². The molecule has 0 saturated carbocycles. The van der Waals surface area contributed by atoms with Crippen LogP contribution in [-0.4, -0.2) is 6.61 Å². The number of rotatable bonds is 4. The zero-order chi connectivity index (χ0) is 11.3. The molecule has 0 aliphatic rings. The molecule has 1 aromatic carbocycles. The van der Waals surface area contributed by atoms with Crippen LogP contribution in [0.3, 0.4) is 0 Å². The van der Waals surface area contributed by atoms with Crippen LogP contribution in [-0.2, 0) is 0 Å². The highest BCUT2D eigenvalue weighted by Gasteiger charge is 2.08. The Bertz CT molecular complexity index is 352. The molecule has 82 valence electrons. The van der Waals surface area contributed by atoms with Gasteiger partial charge in [-0.15, -0.1) is 0 Å². The van der Waals surface area contributed by atoms with Gasteiger partial charge in [-0.3, -0.25) is 0 Å². The molecule has 4 heteroatoms. The summed E-state index contributed by atoms with van der Waals surface area (Å²) in [6.45, 7) is 2.37. The van der Waals surface area contributed by atoms with Gasteiger partial charge < -0.3 is 10.5 Å². The summed E-state index contributed by atoms with van der Waals surface area (Å²) < 4.78 is 6.52. The first kappa shape index (κ1) is 12.6. The van der Waals surface area contributed by atoms with Gasteiger partial charge in [0.2, 0.25) is 0 Å². The minimum absolute atomic E-state index is 0.0579. The van der Waals surface area contributed by atoms with Crippen molar-refractivity contribution < 1.29 is 4.74 Å². The fourth-order valence-electron chi connectivity index (χ4n) is 1.18.